The highest BCUT2D eigenvalue weighted by molar-refractivity contribution is 5.78. The van der Waals surface area contributed by atoms with Crippen molar-refractivity contribution in [2.45, 2.75) is 25.7 Å². The summed E-state index contributed by atoms with van der Waals surface area (Å²) >= 11 is 0. The van der Waals surface area contributed by atoms with Crippen LogP contribution in [0.5, 0.6) is 0 Å². The quantitative estimate of drug-likeness (QED) is 0.729. The van der Waals surface area contributed by atoms with Crippen molar-refractivity contribution in [2.24, 2.45) is 11.7 Å². The largest absolute Gasteiger partial charge is 0.370 e. The Kier molecular flexibility index (Phi) is 6.30. The second kappa shape index (κ2) is 7.74. The van der Waals surface area contributed by atoms with Crippen LogP contribution >= 0.6 is 0 Å². The molecule has 0 saturated carbocycles. The number of nitrogens with zero attached hydrogens (tertiary/aromatic N) is 3. The molecule has 1 fully saturated rings. The van der Waals surface area contributed by atoms with Gasteiger partial charge in [-0.1, -0.05) is 0 Å². The van der Waals surface area contributed by atoms with Gasteiger partial charge in [0.15, 0.2) is 0 Å². The van der Waals surface area contributed by atoms with Crippen molar-refractivity contribution >= 4 is 11.8 Å². The van der Waals surface area contributed by atoms with Gasteiger partial charge in [-0.2, -0.15) is 5.26 Å². The molecule has 19 heavy (non-hydrogen) atoms. The monoisotopic (exact) mass is 266 g/mol. The van der Waals surface area contributed by atoms with E-state index in [0.29, 0.717) is 31.8 Å². The molecule has 0 aliphatic carbocycles. The number of likely N-dealkylation sites (tertiary alicyclic amines) is 1. The molecule has 106 valence electrons. The number of rotatable bonds is 6. The van der Waals surface area contributed by atoms with E-state index >= 15 is 0 Å². The first kappa shape index (κ1) is 15.4. The number of carbonyl (C=O) groups excluding carboxylic acids is 2. The van der Waals surface area contributed by atoms with E-state index in [1.807, 2.05) is 6.07 Å². The number of piperidine rings is 1. The molecule has 6 nitrogen and oxygen atoms in total. The Morgan fingerprint density at radius 3 is 2.58 bits per heavy atom. The summed E-state index contributed by atoms with van der Waals surface area (Å²) in [5, 5.41) is 8.48. The van der Waals surface area contributed by atoms with Crippen molar-refractivity contribution in [3.8, 4) is 6.07 Å². The number of hydrogen-bond donors (Lipinski definition) is 1. The molecule has 0 radical (unpaired) electrons. The number of hydrogen-bond acceptors (Lipinski definition) is 4. The number of primary amides is 1. The zero-order chi connectivity index (χ0) is 14.3. The number of nitriles is 1. The lowest BCUT2D eigenvalue weighted by atomic mass is 9.93. The first-order valence-corrected chi connectivity index (χ1v) is 6.64. The van der Waals surface area contributed by atoms with Crippen molar-refractivity contribution in [3.63, 3.8) is 0 Å². The molecule has 1 heterocycles. The zero-order valence-corrected chi connectivity index (χ0v) is 11.5. The zero-order valence-electron chi connectivity index (χ0n) is 11.5. The molecule has 1 aliphatic rings. The van der Waals surface area contributed by atoms with E-state index in [1.54, 1.807) is 11.9 Å². The Balaban J connectivity index is 2.27. The highest BCUT2D eigenvalue weighted by Crippen LogP contribution is 2.19. The van der Waals surface area contributed by atoms with Crippen molar-refractivity contribution < 1.29 is 9.59 Å². The van der Waals surface area contributed by atoms with E-state index in [1.165, 1.54) is 0 Å². The summed E-state index contributed by atoms with van der Waals surface area (Å²) in [7, 11) is 1.72. The average Bonchev–Trinajstić information content (AvgIpc) is 2.37. The predicted molar refractivity (Wildman–Crippen MR) is 70.8 cm³/mol. The van der Waals surface area contributed by atoms with Crippen LogP contribution in [-0.4, -0.2) is 54.8 Å². The van der Waals surface area contributed by atoms with Crippen LogP contribution in [0.1, 0.15) is 25.7 Å². The molecule has 2 N–H and O–H groups in total. The van der Waals surface area contributed by atoms with Crippen LogP contribution in [0.2, 0.25) is 0 Å². The summed E-state index contributed by atoms with van der Waals surface area (Å²) in [6.07, 6.45) is 2.64. The van der Waals surface area contributed by atoms with E-state index in [-0.39, 0.29) is 11.8 Å². The lowest BCUT2D eigenvalue weighted by molar-refractivity contribution is -0.131. The number of likely N-dealkylation sites (N-methyl/N-ethyl adjacent to an activating group) is 1. The van der Waals surface area contributed by atoms with Gasteiger partial charge in [-0.3, -0.25) is 14.5 Å². The third-order valence-corrected chi connectivity index (χ3v) is 3.54. The number of amides is 2. The minimum Gasteiger partial charge on any atom is -0.370 e. The standard InChI is InChI=1S/C13H22N4O2/c1-16(6-2-5-14)13(19)10-17-7-3-11(4-8-17)9-12(15)18/h11H,2-4,6-10H2,1H3,(H2,15,18). The molecular formula is C13H22N4O2. The van der Waals surface area contributed by atoms with Gasteiger partial charge >= 0.3 is 0 Å². The van der Waals surface area contributed by atoms with Crippen molar-refractivity contribution in [1.82, 2.24) is 9.80 Å². The molecule has 6 heteroatoms. The first-order chi connectivity index (χ1) is 9.02. The van der Waals surface area contributed by atoms with Gasteiger partial charge in [-0.05, 0) is 31.8 Å². The third kappa shape index (κ3) is 5.71. The molecule has 0 atom stereocenters. The summed E-state index contributed by atoms with van der Waals surface area (Å²) in [4.78, 5) is 26.4. The topological polar surface area (TPSA) is 90.4 Å². The number of nitrogens with two attached hydrogens (primary N) is 1. The molecule has 0 spiro atoms. The van der Waals surface area contributed by atoms with Gasteiger partial charge in [0.2, 0.25) is 11.8 Å². The SMILES string of the molecule is CN(CCC#N)C(=O)CN1CCC(CC(N)=O)CC1. The molecule has 0 aromatic rings. The molecule has 1 rings (SSSR count). The Bertz CT molecular complexity index is 356. The minimum atomic E-state index is -0.245. The molecule has 0 unspecified atom stereocenters. The fraction of sp³-hybridized carbons (Fsp3) is 0.769. The third-order valence-electron chi connectivity index (χ3n) is 3.54. The highest BCUT2D eigenvalue weighted by atomic mass is 16.2. The van der Waals surface area contributed by atoms with Gasteiger partial charge in [-0.25, -0.2) is 0 Å². The lowest BCUT2D eigenvalue weighted by Gasteiger charge is -2.31. The van der Waals surface area contributed by atoms with Crippen molar-refractivity contribution in [3.05, 3.63) is 0 Å². The second-order valence-electron chi connectivity index (χ2n) is 5.11. The first-order valence-electron chi connectivity index (χ1n) is 6.64. The summed E-state index contributed by atoms with van der Waals surface area (Å²) < 4.78 is 0. The van der Waals surface area contributed by atoms with E-state index in [2.05, 4.69) is 4.90 Å². The summed E-state index contributed by atoms with van der Waals surface area (Å²) in [5.74, 6) is 0.162. The van der Waals surface area contributed by atoms with E-state index < -0.39 is 0 Å². The smallest absolute Gasteiger partial charge is 0.236 e. The van der Waals surface area contributed by atoms with E-state index in [0.717, 1.165) is 25.9 Å². The van der Waals surface area contributed by atoms with Crippen LogP contribution in [0.15, 0.2) is 0 Å². The van der Waals surface area contributed by atoms with Gasteiger partial charge in [0.1, 0.15) is 0 Å². The van der Waals surface area contributed by atoms with Crippen molar-refractivity contribution in [2.75, 3.05) is 33.2 Å². The number of carbonyl (C=O) groups is 2. The Morgan fingerprint density at radius 2 is 2.05 bits per heavy atom. The summed E-state index contributed by atoms with van der Waals surface area (Å²) in [5.41, 5.74) is 5.19. The fourth-order valence-electron chi connectivity index (χ4n) is 2.29. The van der Waals surface area contributed by atoms with Crippen LogP contribution < -0.4 is 5.73 Å². The lowest BCUT2D eigenvalue weighted by Crippen LogP contribution is -2.42. The van der Waals surface area contributed by atoms with Crippen LogP contribution in [0.25, 0.3) is 0 Å². The van der Waals surface area contributed by atoms with E-state index in [4.69, 9.17) is 11.0 Å². The summed E-state index contributed by atoms with van der Waals surface area (Å²) in [6, 6.07) is 2.03. The maximum atomic E-state index is 11.9. The molecule has 0 aromatic heterocycles. The Labute approximate surface area is 114 Å². The normalized spacial score (nSPS) is 16.8. The van der Waals surface area contributed by atoms with Gasteiger partial charge in [0.05, 0.1) is 19.0 Å². The van der Waals surface area contributed by atoms with Crippen LogP contribution in [0.3, 0.4) is 0 Å². The van der Waals surface area contributed by atoms with Gasteiger partial charge in [0, 0.05) is 20.0 Å². The molecule has 1 saturated heterocycles. The second-order valence-corrected chi connectivity index (χ2v) is 5.11. The van der Waals surface area contributed by atoms with Gasteiger partial charge < -0.3 is 10.6 Å². The van der Waals surface area contributed by atoms with Crippen molar-refractivity contribution in [1.29, 1.82) is 5.26 Å². The molecule has 1 aliphatic heterocycles. The molecule has 2 amide bonds. The van der Waals surface area contributed by atoms with Crippen LogP contribution in [-0.2, 0) is 9.59 Å². The van der Waals surface area contributed by atoms with Crippen LogP contribution in [0.4, 0.5) is 0 Å². The summed E-state index contributed by atoms with van der Waals surface area (Å²) in [6.45, 7) is 2.53. The minimum absolute atomic E-state index is 0.0450. The Morgan fingerprint density at radius 1 is 1.42 bits per heavy atom. The highest BCUT2D eigenvalue weighted by Gasteiger charge is 2.22. The van der Waals surface area contributed by atoms with E-state index in [9.17, 15) is 9.59 Å². The van der Waals surface area contributed by atoms with Crippen LogP contribution in [0, 0.1) is 17.2 Å². The van der Waals surface area contributed by atoms with Gasteiger partial charge in [-0.15, -0.1) is 0 Å². The Hall–Kier alpha value is -1.61. The van der Waals surface area contributed by atoms with Gasteiger partial charge in [0.25, 0.3) is 0 Å². The average molecular weight is 266 g/mol. The maximum Gasteiger partial charge on any atom is 0.236 e. The molecule has 0 bridgehead atoms. The predicted octanol–water partition coefficient (Wildman–Crippen LogP) is -0.0541. The fourth-order valence-corrected chi connectivity index (χ4v) is 2.29. The maximum absolute atomic E-state index is 11.9. The molecule has 0 aromatic carbocycles. The molecular weight excluding hydrogens is 244 g/mol.